The predicted octanol–water partition coefficient (Wildman–Crippen LogP) is 5.04. The van der Waals surface area contributed by atoms with Crippen molar-refractivity contribution in [3.05, 3.63) is 54.4 Å². The van der Waals surface area contributed by atoms with Crippen LogP contribution < -0.4 is 9.64 Å². The first-order valence-corrected chi connectivity index (χ1v) is 9.93. The van der Waals surface area contributed by atoms with Gasteiger partial charge in [0.25, 0.3) is 0 Å². The molecule has 5 rings (SSSR count). The van der Waals surface area contributed by atoms with Crippen LogP contribution in [-0.2, 0) is 0 Å². The smallest absolute Gasteiger partial charge is 0.121 e. The van der Waals surface area contributed by atoms with Crippen molar-refractivity contribution in [2.75, 3.05) is 25.1 Å². The van der Waals surface area contributed by atoms with Crippen LogP contribution in [0.4, 0.5) is 11.4 Å². The van der Waals surface area contributed by atoms with Gasteiger partial charge >= 0.3 is 0 Å². The summed E-state index contributed by atoms with van der Waals surface area (Å²) in [6.45, 7) is 1.97. The second-order valence-electron chi connectivity index (χ2n) is 6.64. The van der Waals surface area contributed by atoms with Gasteiger partial charge in [0.1, 0.15) is 17.4 Å². The minimum atomic E-state index is 0.886. The van der Waals surface area contributed by atoms with Crippen molar-refractivity contribution in [3.8, 4) is 5.75 Å². The highest BCUT2D eigenvalue weighted by Gasteiger charge is 2.32. The molecule has 0 aliphatic carbocycles. The Morgan fingerprint density at radius 1 is 1.08 bits per heavy atom. The molecule has 3 aliphatic heterocycles. The van der Waals surface area contributed by atoms with Gasteiger partial charge in [-0.1, -0.05) is 23.9 Å². The fourth-order valence-electron chi connectivity index (χ4n) is 3.87. The van der Waals surface area contributed by atoms with Crippen LogP contribution in [0.5, 0.6) is 5.75 Å². The summed E-state index contributed by atoms with van der Waals surface area (Å²) in [4.78, 5) is 12.1. The summed E-state index contributed by atoms with van der Waals surface area (Å²) in [6.07, 6.45) is 5.64. The molecule has 26 heavy (non-hydrogen) atoms. The molecule has 0 atom stereocenters. The SMILES string of the molecule is COc1ccc2c(c1)N(C1=CCCN1C1=NCCC1)c1ccccc1S2. The molecule has 2 aromatic rings. The number of aliphatic imine (C=N–C) groups is 1. The normalized spacial score (nSPS) is 18.3. The van der Waals surface area contributed by atoms with E-state index in [4.69, 9.17) is 9.73 Å². The lowest BCUT2D eigenvalue weighted by Crippen LogP contribution is -2.35. The lowest BCUT2D eigenvalue weighted by molar-refractivity contribution is 0.414. The molecule has 2 aromatic carbocycles. The fraction of sp³-hybridized carbons (Fsp3) is 0.286. The van der Waals surface area contributed by atoms with Crippen molar-refractivity contribution < 1.29 is 4.74 Å². The molecule has 0 amide bonds. The molecule has 0 saturated heterocycles. The number of rotatable bonds is 2. The minimum absolute atomic E-state index is 0.886. The Kier molecular flexibility index (Phi) is 3.89. The largest absolute Gasteiger partial charge is 0.497 e. The van der Waals surface area contributed by atoms with Gasteiger partial charge in [0, 0.05) is 35.4 Å². The Labute approximate surface area is 158 Å². The number of hydrogen-bond acceptors (Lipinski definition) is 5. The third kappa shape index (κ3) is 2.50. The van der Waals surface area contributed by atoms with Gasteiger partial charge in [-0.25, -0.2) is 0 Å². The van der Waals surface area contributed by atoms with Gasteiger partial charge in [0.2, 0.25) is 0 Å². The van der Waals surface area contributed by atoms with Crippen LogP contribution in [0.1, 0.15) is 19.3 Å². The number of anilines is 2. The van der Waals surface area contributed by atoms with Crippen molar-refractivity contribution in [2.45, 2.75) is 29.1 Å². The predicted molar refractivity (Wildman–Crippen MR) is 107 cm³/mol. The van der Waals surface area contributed by atoms with Crippen molar-refractivity contribution >= 4 is 29.0 Å². The summed E-state index contributed by atoms with van der Waals surface area (Å²) in [5.41, 5.74) is 2.42. The number of nitrogens with zero attached hydrogens (tertiary/aromatic N) is 3. The maximum Gasteiger partial charge on any atom is 0.121 e. The van der Waals surface area contributed by atoms with E-state index in [0.717, 1.165) is 38.1 Å². The number of fused-ring (bicyclic) bond motifs is 2. The zero-order valence-electron chi connectivity index (χ0n) is 14.8. The molecular formula is C21H21N3OS. The molecule has 0 unspecified atom stereocenters. The number of para-hydroxylation sites is 1. The van der Waals surface area contributed by atoms with Gasteiger partial charge in [-0.15, -0.1) is 0 Å². The van der Waals surface area contributed by atoms with Gasteiger partial charge in [-0.2, -0.15) is 0 Å². The first-order chi connectivity index (χ1) is 12.8. The van der Waals surface area contributed by atoms with Crippen LogP contribution >= 0.6 is 11.8 Å². The molecule has 0 spiro atoms. The van der Waals surface area contributed by atoms with E-state index in [9.17, 15) is 0 Å². The van der Waals surface area contributed by atoms with Crippen molar-refractivity contribution in [3.63, 3.8) is 0 Å². The van der Waals surface area contributed by atoms with E-state index in [-0.39, 0.29) is 0 Å². The number of amidine groups is 1. The summed E-state index contributed by atoms with van der Waals surface area (Å²) < 4.78 is 5.51. The Bertz CT molecular complexity index is 921. The number of ether oxygens (including phenoxy) is 1. The number of hydrogen-bond donors (Lipinski definition) is 0. The average molecular weight is 363 g/mol. The van der Waals surface area contributed by atoms with Crippen LogP contribution in [-0.4, -0.2) is 30.9 Å². The van der Waals surface area contributed by atoms with Crippen LogP contribution in [0, 0.1) is 0 Å². The molecule has 5 heteroatoms. The van der Waals surface area contributed by atoms with E-state index in [0.29, 0.717) is 0 Å². The lowest BCUT2D eigenvalue weighted by atomic mass is 10.2. The lowest BCUT2D eigenvalue weighted by Gasteiger charge is -2.37. The van der Waals surface area contributed by atoms with Crippen LogP contribution in [0.2, 0.25) is 0 Å². The molecule has 4 nitrogen and oxygen atoms in total. The van der Waals surface area contributed by atoms with Gasteiger partial charge in [-0.05, 0) is 43.2 Å². The summed E-state index contributed by atoms with van der Waals surface area (Å²) in [7, 11) is 1.73. The Morgan fingerprint density at radius 3 is 2.81 bits per heavy atom. The quantitative estimate of drug-likeness (QED) is 0.747. The first kappa shape index (κ1) is 15.8. The number of methoxy groups -OCH3 is 1. The molecule has 3 heterocycles. The van der Waals surface area contributed by atoms with E-state index < -0.39 is 0 Å². The average Bonchev–Trinajstić information content (AvgIpc) is 3.37. The molecule has 0 aromatic heterocycles. The molecule has 0 fully saturated rings. The van der Waals surface area contributed by atoms with E-state index >= 15 is 0 Å². The molecule has 0 saturated carbocycles. The summed E-state index contributed by atoms with van der Waals surface area (Å²) in [6, 6.07) is 15.0. The van der Waals surface area contributed by atoms with Gasteiger partial charge in [-0.3, -0.25) is 9.89 Å². The number of benzene rings is 2. The van der Waals surface area contributed by atoms with Crippen molar-refractivity contribution in [2.24, 2.45) is 4.99 Å². The molecule has 0 N–H and O–H groups in total. The standard InChI is InChI=1S/C21H21N3OS/c1-25-15-10-11-19-17(14-15)24(16-6-2-3-7-18(16)26-19)21-9-5-13-23(21)20-8-4-12-22-20/h2-3,6-7,9-11,14H,4-5,8,12-13H2,1H3. The van der Waals surface area contributed by atoms with Gasteiger partial charge in [0.05, 0.1) is 18.5 Å². The first-order valence-electron chi connectivity index (χ1n) is 9.11. The van der Waals surface area contributed by atoms with E-state index in [1.807, 2.05) is 17.8 Å². The maximum absolute atomic E-state index is 5.51. The molecule has 132 valence electrons. The topological polar surface area (TPSA) is 28.1 Å². The van der Waals surface area contributed by atoms with Crippen LogP contribution in [0.15, 0.2) is 69.1 Å². The zero-order chi connectivity index (χ0) is 17.5. The van der Waals surface area contributed by atoms with E-state index in [2.05, 4.69) is 52.3 Å². The molecule has 0 radical (unpaired) electrons. The van der Waals surface area contributed by atoms with E-state index in [1.165, 1.54) is 32.8 Å². The summed E-state index contributed by atoms with van der Waals surface area (Å²) in [5, 5.41) is 0. The van der Waals surface area contributed by atoms with Crippen molar-refractivity contribution in [1.82, 2.24) is 4.90 Å². The van der Waals surface area contributed by atoms with Gasteiger partial charge < -0.3 is 9.64 Å². The minimum Gasteiger partial charge on any atom is -0.497 e. The highest BCUT2D eigenvalue weighted by molar-refractivity contribution is 7.99. The monoisotopic (exact) mass is 363 g/mol. The molecular weight excluding hydrogens is 342 g/mol. The van der Waals surface area contributed by atoms with E-state index in [1.54, 1.807) is 7.11 Å². The van der Waals surface area contributed by atoms with Gasteiger partial charge in [0.15, 0.2) is 0 Å². The van der Waals surface area contributed by atoms with Crippen LogP contribution in [0.3, 0.4) is 0 Å². The second-order valence-corrected chi connectivity index (χ2v) is 7.73. The third-order valence-electron chi connectivity index (χ3n) is 5.08. The Balaban J connectivity index is 1.65. The third-order valence-corrected chi connectivity index (χ3v) is 6.21. The molecule has 0 bridgehead atoms. The Morgan fingerprint density at radius 2 is 1.96 bits per heavy atom. The second kappa shape index (κ2) is 6.40. The summed E-state index contributed by atoms with van der Waals surface area (Å²) >= 11 is 1.82. The highest BCUT2D eigenvalue weighted by Crippen LogP contribution is 2.51. The van der Waals surface area contributed by atoms with Crippen LogP contribution in [0.25, 0.3) is 0 Å². The molecule has 3 aliphatic rings. The maximum atomic E-state index is 5.51. The Hall–Kier alpha value is -2.40. The highest BCUT2D eigenvalue weighted by atomic mass is 32.2. The summed E-state index contributed by atoms with van der Waals surface area (Å²) in [5.74, 6) is 3.35. The van der Waals surface area contributed by atoms with Crippen molar-refractivity contribution in [1.29, 1.82) is 0 Å². The zero-order valence-corrected chi connectivity index (χ0v) is 15.6. The fourth-order valence-corrected chi connectivity index (χ4v) is 4.91.